The normalized spacial score (nSPS) is 30.7. The highest BCUT2D eigenvalue weighted by atomic mass is 15.2. The molecule has 0 saturated carbocycles. The molecule has 0 aromatic carbocycles. The van der Waals surface area contributed by atoms with Crippen molar-refractivity contribution in [3.05, 3.63) is 30.1 Å². The van der Waals surface area contributed by atoms with Crippen LogP contribution in [0.1, 0.15) is 18.4 Å². The first-order valence-electron chi connectivity index (χ1n) is 5.80. The monoisotopic (exact) mass is 203 g/mol. The van der Waals surface area contributed by atoms with Crippen molar-refractivity contribution < 1.29 is 0 Å². The molecule has 2 aliphatic heterocycles. The van der Waals surface area contributed by atoms with Crippen LogP contribution in [0, 0.1) is 0 Å². The van der Waals surface area contributed by atoms with E-state index in [1.807, 2.05) is 18.5 Å². The van der Waals surface area contributed by atoms with Crippen molar-refractivity contribution in [2.45, 2.75) is 31.5 Å². The van der Waals surface area contributed by atoms with E-state index in [0.717, 1.165) is 18.6 Å². The number of pyridine rings is 1. The molecule has 15 heavy (non-hydrogen) atoms. The molecule has 0 aliphatic carbocycles. The SMILES string of the molecule is c1cncc(CN2CC[C@H]3NCC[C@@H]32)c1. The van der Waals surface area contributed by atoms with E-state index in [-0.39, 0.29) is 0 Å². The Morgan fingerprint density at radius 2 is 2.47 bits per heavy atom. The van der Waals surface area contributed by atoms with E-state index in [1.165, 1.54) is 31.5 Å². The lowest BCUT2D eigenvalue weighted by molar-refractivity contribution is 0.245. The third kappa shape index (κ3) is 1.77. The van der Waals surface area contributed by atoms with E-state index in [2.05, 4.69) is 21.3 Å². The zero-order valence-electron chi connectivity index (χ0n) is 8.89. The van der Waals surface area contributed by atoms with Gasteiger partial charge in [0.25, 0.3) is 0 Å². The Hall–Kier alpha value is -0.930. The number of fused-ring (bicyclic) bond motifs is 1. The van der Waals surface area contributed by atoms with Gasteiger partial charge < -0.3 is 5.32 Å². The average molecular weight is 203 g/mol. The molecule has 0 amide bonds. The highest BCUT2D eigenvalue weighted by molar-refractivity contribution is 5.10. The van der Waals surface area contributed by atoms with Gasteiger partial charge in [-0.1, -0.05) is 6.07 Å². The number of hydrogen-bond donors (Lipinski definition) is 1. The Morgan fingerprint density at radius 3 is 3.33 bits per heavy atom. The first kappa shape index (κ1) is 9.31. The summed E-state index contributed by atoms with van der Waals surface area (Å²) in [7, 11) is 0. The second-order valence-corrected chi connectivity index (χ2v) is 4.54. The minimum absolute atomic E-state index is 0.752. The third-order valence-corrected chi connectivity index (χ3v) is 3.62. The number of nitrogens with one attached hydrogen (secondary N) is 1. The van der Waals surface area contributed by atoms with Crippen LogP contribution >= 0.6 is 0 Å². The molecule has 3 nitrogen and oxygen atoms in total. The number of rotatable bonds is 2. The molecule has 0 unspecified atom stereocenters. The van der Waals surface area contributed by atoms with Crippen molar-refractivity contribution in [3.8, 4) is 0 Å². The summed E-state index contributed by atoms with van der Waals surface area (Å²) >= 11 is 0. The Bertz CT molecular complexity index is 325. The van der Waals surface area contributed by atoms with Crippen LogP contribution < -0.4 is 5.32 Å². The van der Waals surface area contributed by atoms with Crippen LogP contribution in [0.15, 0.2) is 24.5 Å². The van der Waals surface area contributed by atoms with E-state index in [4.69, 9.17) is 0 Å². The molecule has 3 heterocycles. The molecule has 1 aromatic heterocycles. The predicted octanol–water partition coefficient (Wildman–Crippen LogP) is 1.02. The molecule has 0 bridgehead atoms. The van der Waals surface area contributed by atoms with Crippen LogP contribution in [-0.2, 0) is 6.54 Å². The van der Waals surface area contributed by atoms with Gasteiger partial charge in [0.15, 0.2) is 0 Å². The summed E-state index contributed by atoms with van der Waals surface area (Å²) in [6, 6.07) is 5.71. The van der Waals surface area contributed by atoms with Crippen LogP contribution in [0.3, 0.4) is 0 Å². The minimum Gasteiger partial charge on any atom is -0.312 e. The van der Waals surface area contributed by atoms with Gasteiger partial charge in [0.05, 0.1) is 0 Å². The summed E-state index contributed by atoms with van der Waals surface area (Å²) in [5.41, 5.74) is 1.34. The average Bonchev–Trinajstić information content (AvgIpc) is 2.85. The van der Waals surface area contributed by atoms with Crippen molar-refractivity contribution >= 4 is 0 Å². The van der Waals surface area contributed by atoms with Crippen LogP contribution in [0.5, 0.6) is 0 Å². The first-order valence-corrected chi connectivity index (χ1v) is 5.80. The smallest absolute Gasteiger partial charge is 0.0312 e. The summed E-state index contributed by atoms with van der Waals surface area (Å²) < 4.78 is 0. The fraction of sp³-hybridized carbons (Fsp3) is 0.583. The standard InChI is InChI=1S/C12H17N3/c1-2-10(8-13-5-1)9-15-7-4-11-12(15)3-6-14-11/h1-2,5,8,11-12,14H,3-4,6-7,9H2/t11-,12+/m1/s1. The molecule has 3 heteroatoms. The second kappa shape index (κ2) is 3.91. The molecule has 0 spiro atoms. The van der Waals surface area contributed by atoms with Crippen LogP contribution in [0.25, 0.3) is 0 Å². The van der Waals surface area contributed by atoms with E-state index in [0.29, 0.717) is 0 Å². The summed E-state index contributed by atoms with van der Waals surface area (Å²) in [5.74, 6) is 0. The highest BCUT2D eigenvalue weighted by Crippen LogP contribution is 2.26. The van der Waals surface area contributed by atoms with E-state index < -0.39 is 0 Å². The van der Waals surface area contributed by atoms with Crippen LogP contribution in [0.4, 0.5) is 0 Å². The van der Waals surface area contributed by atoms with E-state index in [9.17, 15) is 0 Å². The van der Waals surface area contributed by atoms with Gasteiger partial charge in [-0.25, -0.2) is 0 Å². The minimum atomic E-state index is 0.752. The molecule has 2 saturated heterocycles. The first-order chi connectivity index (χ1) is 7.43. The molecule has 2 aliphatic rings. The molecule has 2 fully saturated rings. The van der Waals surface area contributed by atoms with Gasteiger partial charge in [0.2, 0.25) is 0 Å². The molecule has 0 radical (unpaired) electrons. The lowest BCUT2D eigenvalue weighted by atomic mass is 10.1. The van der Waals surface area contributed by atoms with Gasteiger partial charge in [-0.3, -0.25) is 9.88 Å². The highest BCUT2D eigenvalue weighted by Gasteiger charge is 2.36. The van der Waals surface area contributed by atoms with E-state index >= 15 is 0 Å². The molecular formula is C12H17N3. The largest absolute Gasteiger partial charge is 0.312 e. The van der Waals surface area contributed by atoms with Gasteiger partial charge in [-0.2, -0.15) is 0 Å². The molecule has 1 N–H and O–H groups in total. The lowest BCUT2D eigenvalue weighted by Crippen LogP contribution is -2.33. The van der Waals surface area contributed by atoms with Crippen molar-refractivity contribution in [3.63, 3.8) is 0 Å². The Labute approximate surface area is 90.5 Å². The fourth-order valence-electron chi connectivity index (χ4n) is 2.88. The van der Waals surface area contributed by atoms with Crippen molar-refractivity contribution in [1.82, 2.24) is 15.2 Å². The maximum absolute atomic E-state index is 4.17. The Kier molecular flexibility index (Phi) is 2.43. The quantitative estimate of drug-likeness (QED) is 0.778. The van der Waals surface area contributed by atoms with Gasteiger partial charge in [-0.15, -0.1) is 0 Å². The summed E-state index contributed by atoms with van der Waals surface area (Å²) in [5, 5.41) is 3.58. The fourth-order valence-corrected chi connectivity index (χ4v) is 2.88. The number of hydrogen-bond acceptors (Lipinski definition) is 3. The molecule has 2 atom stereocenters. The lowest BCUT2D eigenvalue weighted by Gasteiger charge is -2.22. The van der Waals surface area contributed by atoms with Gasteiger partial charge in [0, 0.05) is 37.6 Å². The molecular weight excluding hydrogens is 186 g/mol. The predicted molar refractivity (Wildman–Crippen MR) is 59.5 cm³/mol. The third-order valence-electron chi connectivity index (χ3n) is 3.62. The molecule has 1 aromatic rings. The van der Waals surface area contributed by atoms with Gasteiger partial charge >= 0.3 is 0 Å². The summed E-state index contributed by atoms with van der Waals surface area (Å²) in [6.07, 6.45) is 6.44. The Balaban J connectivity index is 1.69. The van der Waals surface area contributed by atoms with E-state index in [1.54, 1.807) is 0 Å². The summed E-state index contributed by atoms with van der Waals surface area (Å²) in [4.78, 5) is 6.77. The van der Waals surface area contributed by atoms with Crippen LogP contribution in [-0.4, -0.2) is 35.1 Å². The van der Waals surface area contributed by atoms with Crippen molar-refractivity contribution in [1.29, 1.82) is 0 Å². The van der Waals surface area contributed by atoms with Crippen molar-refractivity contribution in [2.24, 2.45) is 0 Å². The second-order valence-electron chi connectivity index (χ2n) is 4.54. The molecule has 80 valence electrons. The number of aromatic nitrogens is 1. The zero-order valence-corrected chi connectivity index (χ0v) is 8.89. The van der Waals surface area contributed by atoms with Gasteiger partial charge in [-0.05, 0) is 31.0 Å². The maximum atomic E-state index is 4.17. The maximum Gasteiger partial charge on any atom is 0.0312 e. The van der Waals surface area contributed by atoms with Crippen molar-refractivity contribution in [2.75, 3.05) is 13.1 Å². The topological polar surface area (TPSA) is 28.2 Å². The number of likely N-dealkylation sites (tertiary alicyclic amines) is 1. The number of nitrogens with zero attached hydrogens (tertiary/aromatic N) is 2. The van der Waals surface area contributed by atoms with Gasteiger partial charge in [0.1, 0.15) is 0 Å². The molecule has 3 rings (SSSR count). The summed E-state index contributed by atoms with van der Waals surface area (Å²) in [6.45, 7) is 3.49. The zero-order chi connectivity index (χ0) is 10.1. The van der Waals surface area contributed by atoms with Crippen LogP contribution in [0.2, 0.25) is 0 Å². The Morgan fingerprint density at radius 1 is 1.47 bits per heavy atom.